The van der Waals surface area contributed by atoms with Gasteiger partial charge >= 0.3 is 5.97 Å². The maximum absolute atomic E-state index is 12.5. The van der Waals surface area contributed by atoms with E-state index in [0.717, 1.165) is 47.8 Å². The van der Waals surface area contributed by atoms with Crippen LogP contribution in [0.25, 0.3) is 10.2 Å². The second-order valence-corrected chi connectivity index (χ2v) is 8.41. The van der Waals surface area contributed by atoms with Gasteiger partial charge in [0.25, 0.3) is 0 Å². The number of hydrogen-bond donors (Lipinski definition) is 0. The largest absolute Gasteiger partial charge is 0.462 e. The van der Waals surface area contributed by atoms with E-state index in [1.807, 2.05) is 11.8 Å². The van der Waals surface area contributed by atoms with Gasteiger partial charge in [-0.1, -0.05) is 0 Å². The fraction of sp³-hybridized carbons (Fsp3) is 0.600. The number of amides is 1. The standard InChI is InChI=1S/C20H27N5O4S/c1-3-29-20(27)17-14(2)16-18(21-13-22-19(16)30-17)25-6-4-23(5-7-25)12-15(26)24-8-10-28-11-9-24/h13H,3-12H2,1-2H3. The zero-order valence-corrected chi connectivity index (χ0v) is 18.2. The third kappa shape index (κ3) is 4.26. The van der Waals surface area contributed by atoms with E-state index < -0.39 is 0 Å². The summed E-state index contributed by atoms with van der Waals surface area (Å²) in [7, 11) is 0. The molecule has 30 heavy (non-hydrogen) atoms. The average Bonchev–Trinajstić information content (AvgIpc) is 3.12. The number of nitrogens with zero attached hydrogens (tertiary/aromatic N) is 5. The molecule has 162 valence electrons. The number of aromatic nitrogens is 2. The molecule has 2 aromatic rings. The lowest BCUT2D eigenvalue weighted by molar-refractivity contribution is -0.136. The summed E-state index contributed by atoms with van der Waals surface area (Å²) in [5.41, 5.74) is 0.869. The lowest BCUT2D eigenvalue weighted by Crippen LogP contribution is -2.51. The highest BCUT2D eigenvalue weighted by atomic mass is 32.1. The van der Waals surface area contributed by atoms with Crippen molar-refractivity contribution in [2.75, 3.05) is 70.5 Å². The fourth-order valence-corrected chi connectivity index (χ4v) is 4.94. The summed E-state index contributed by atoms with van der Waals surface area (Å²) in [5.74, 6) is 0.711. The van der Waals surface area contributed by atoms with E-state index >= 15 is 0 Å². The molecule has 0 radical (unpaired) electrons. The Bertz CT molecular complexity index is 919. The van der Waals surface area contributed by atoms with Crippen LogP contribution in [0.4, 0.5) is 5.82 Å². The molecule has 4 rings (SSSR count). The molecule has 2 aliphatic rings. The molecule has 2 saturated heterocycles. The summed E-state index contributed by atoms with van der Waals surface area (Å²) in [4.78, 5) is 41.4. The monoisotopic (exact) mass is 433 g/mol. The average molecular weight is 434 g/mol. The molecule has 0 N–H and O–H groups in total. The molecule has 0 aromatic carbocycles. The van der Waals surface area contributed by atoms with Crippen molar-refractivity contribution in [1.29, 1.82) is 0 Å². The van der Waals surface area contributed by atoms with E-state index in [9.17, 15) is 9.59 Å². The molecule has 2 aliphatic heterocycles. The number of esters is 1. The van der Waals surface area contributed by atoms with Crippen molar-refractivity contribution in [3.8, 4) is 0 Å². The molecule has 9 nitrogen and oxygen atoms in total. The van der Waals surface area contributed by atoms with Crippen molar-refractivity contribution < 1.29 is 19.1 Å². The van der Waals surface area contributed by atoms with Crippen molar-refractivity contribution in [1.82, 2.24) is 19.8 Å². The van der Waals surface area contributed by atoms with Gasteiger partial charge in [0.15, 0.2) is 0 Å². The Kier molecular flexibility index (Phi) is 6.45. The van der Waals surface area contributed by atoms with Gasteiger partial charge in [-0.3, -0.25) is 9.69 Å². The van der Waals surface area contributed by atoms with Gasteiger partial charge in [-0.05, 0) is 19.4 Å². The second-order valence-electron chi connectivity index (χ2n) is 7.41. The van der Waals surface area contributed by atoms with Gasteiger partial charge in [0.1, 0.15) is 21.9 Å². The lowest BCUT2D eigenvalue weighted by Gasteiger charge is -2.36. The Morgan fingerprint density at radius 2 is 1.87 bits per heavy atom. The molecule has 1 amide bonds. The minimum atomic E-state index is -0.310. The van der Waals surface area contributed by atoms with Crippen molar-refractivity contribution in [2.45, 2.75) is 13.8 Å². The van der Waals surface area contributed by atoms with Crippen LogP contribution in [0.5, 0.6) is 0 Å². The molecule has 2 fully saturated rings. The molecular formula is C20H27N5O4S. The molecule has 0 spiro atoms. The lowest BCUT2D eigenvalue weighted by atomic mass is 10.2. The molecule has 0 saturated carbocycles. The number of carbonyl (C=O) groups excluding carboxylic acids is 2. The summed E-state index contributed by atoms with van der Waals surface area (Å²) in [6.45, 7) is 10.2. The SMILES string of the molecule is CCOC(=O)c1sc2ncnc(N3CCN(CC(=O)N4CCOCC4)CC3)c2c1C. The van der Waals surface area contributed by atoms with Crippen LogP contribution in [0.2, 0.25) is 0 Å². The number of ether oxygens (including phenoxy) is 2. The van der Waals surface area contributed by atoms with Crippen LogP contribution >= 0.6 is 11.3 Å². The quantitative estimate of drug-likeness (QED) is 0.649. The Hall–Kier alpha value is -2.30. The molecule has 10 heteroatoms. The first-order valence-corrected chi connectivity index (χ1v) is 11.1. The Morgan fingerprint density at radius 3 is 2.57 bits per heavy atom. The molecule has 4 heterocycles. The predicted molar refractivity (Wildman–Crippen MR) is 114 cm³/mol. The number of thiophene rings is 1. The van der Waals surface area contributed by atoms with Crippen LogP contribution in [0.1, 0.15) is 22.2 Å². The molecule has 2 aromatic heterocycles. The molecule has 0 bridgehead atoms. The number of morpholine rings is 1. The van der Waals surface area contributed by atoms with E-state index in [1.165, 1.54) is 11.3 Å². The highest BCUT2D eigenvalue weighted by Gasteiger charge is 2.26. The van der Waals surface area contributed by atoms with E-state index in [0.29, 0.717) is 44.3 Å². The minimum absolute atomic E-state index is 0.170. The number of hydrogen-bond acceptors (Lipinski definition) is 9. The first kappa shape index (κ1) is 21.0. The third-order valence-corrected chi connectivity index (χ3v) is 6.74. The topological polar surface area (TPSA) is 88.1 Å². The zero-order valence-electron chi connectivity index (χ0n) is 17.4. The smallest absolute Gasteiger partial charge is 0.348 e. The summed E-state index contributed by atoms with van der Waals surface area (Å²) >= 11 is 1.35. The van der Waals surface area contributed by atoms with Gasteiger partial charge < -0.3 is 19.3 Å². The van der Waals surface area contributed by atoms with Crippen molar-refractivity contribution in [3.05, 3.63) is 16.8 Å². The Labute approximate surface area is 179 Å². The van der Waals surface area contributed by atoms with Crippen LogP contribution < -0.4 is 4.90 Å². The van der Waals surface area contributed by atoms with Gasteiger partial charge in [-0.15, -0.1) is 11.3 Å². The fourth-order valence-electron chi connectivity index (χ4n) is 3.91. The van der Waals surface area contributed by atoms with E-state index in [1.54, 1.807) is 13.3 Å². The normalized spacial score (nSPS) is 18.1. The Morgan fingerprint density at radius 1 is 1.13 bits per heavy atom. The van der Waals surface area contributed by atoms with Crippen LogP contribution in [0, 0.1) is 6.92 Å². The summed E-state index contributed by atoms with van der Waals surface area (Å²) in [6, 6.07) is 0. The number of rotatable bonds is 5. The number of anilines is 1. The predicted octanol–water partition coefficient (Wildman–Crippen LogP) is 1.16. The second kappa shape index (κ2) is 9.23. The molecular weight excluding hydrogens is 406 g/mol. The number of carbonyl (C=O) groups is 2. The summed E-state index contributed by atoms with van der Waals surface area (Å²) < 4.78 is 10.5. The summed E-state index contributed by atoms with van der Waals surface area (Å²) in [6.07, 6.45) is 1.55. The van der Waals surface area contributed by atoms with Crippen LogP contribution in [-0.4, -0.2) is 97.3 Å². The summed E-state index contributed by atoms with van der Waals surface area (Å²) in [5, 5.41) is 0.920. The number of aryl methyl sites for hydroxylation is 1. The third-order valence-electron chi connectivity index (χ3n) is 5.56. The van der Waals surface area contributed by atoms with E-state index in [4.69, 9.17) is 9.47 Å². The van der Waals surface area contributed by atoms with Gasteiger partial charge in [-0.2, -0.15) is 0 Å². The maximum atomic E-state index is 12.5. The first-order valence-electron chi connectivity index (χ1n) is 10.3. The van der Waals surface area contributed by atoms with Gasteiger partial charge in [0.2, 0.25) is 5.91 Å². The highest BCUT2D eigenvalue weighted by Crippen LogP contribution is 2.35. The van der Waals surface area contributed by atoms with Crippen molar-refractivity contribution >= 4 is 39.2 Å². The maximum Gasteiger partial charge on any atom is 0.348 e. The molecule has 0 atom stereocenters. The zero-order chi connectivity index (χ0) is 21.1. The van der Waals surface area contributed by atoms with Gasteiger partial charge in [-0.25, -0.2) is 14.8 Å². The highest BCUT2D eigenvalue weighted by molar-refractivity contribution is 7.20. The van der Waals surface area contributed by atoms with Crippen molar-refractivity contribution in [3.63, 3.8) is 0 Å². The molecule has 0 aliphatic carbocycles. The minimum Gasteiger partial charge on any atom is -0.462 e. The van der Waals surface area contributed by atoms with Gasteiger partial charge in [0.05, 0.1) is 31.8 Å². The van der Waals surface area contributed by atoms with E-state index in [-0.39, 0.29) is 11.9 Å². The van der Waals surface area contributed by atoms with Crippen LogP contribution in [-0.2, 0) is 14.3 Å². The Balaban J connectivity index is 1.44. The van der Waals surface area contributed by atoms with Crippen LogP contribution in [0.15, 0.2) is 6.33 Å². The number of piperazine rings is 1. The number of fused-ring (bicyclic) bond motifs is 1. The van der Waals surface area contributed by atoms with Crippen LogP contribution in [0.3, 0.4) is 0 Å². The van der Waals surface area contributed by atoms with Crippen molar-refractivity contribution in [2.24, 2.45) is 0 Å². The molecule has 0 unspecified atom stereocenters. The van der Waals surface area contributed by atoms with Gasteiger partial charge in [0, 0.05) is 39.3 Å². The van der Waals surface area contributed by atoms with E-state index in [2.05, 4.69) is 19.8 Å². The first-order chi connectivity index (χ1) is 14.6.